The molecule has 1 aromatic heterocycles. The molecule has 4 nitrogen and oxygen atoms in total. The van der Waals surface area contributed by atoms with Crippen molar-refractivity contribution in [2.24, 2.45) is 0 Å². The highest BCUT2D eigenvalue weighted by Gasteiger charge is 2.15. The van der Waals surface area contributed by atoms with Gasteiger partial charge in [0.05, 0.1) is 0 Å². The standard InChI is InChI=1S/C21H19F2N3OS/c1-26(2)20-18(22)10-16(11-19(20)23)25-21(27)15-5-7-17(8-6-15)28-13-14-4-3-9-24-12-14/h3-12H,13H2,1-2H3,(H,25,27). The maximum absolute atomic E-state index is 14.1. The number of nitrogens with zero attached hydrogens (tertiary/aromatic N) is 2. The molecule has 0 saturated heterocycles. The van der Waals surface area contributed by atoms with Gasteiger partial charge in [0, 0.05) is 48.4 Å². The Morgan fingerprint density at radius 2 is 1.79 bits per heavy atom. The lowest BCUT2D eigenvalue weighted by Crippen LogP contribution is -2.15. The van der Waals surface area contributed by atoms with E-state index < -0.39 is 17.5 Å². The molecule has 0 aliphatic carbocycles. The predicted molar refractivity (Wildman–Crippen MR) is 109 cm³/mol. The molecule has 0 atom stereocenters. The maximum Gasteiger partial charge on any atom is 0.255 e. The molecule has 1 N–H and O–H groups in total. The molecule has 0 bridgehead atoms. The number of rotatable bonds is 6. The van der Waals surface area contributed by atoms with E-state index in [1.165, 1.54) is 4.90 Å². The molecule has 2 aromatic carbocycles. The van der Waals surface area contributed by atoms with Gasteiger partial charge in [0.25, 0.3) is 5.91 Å². The number of hydrogen-bond acceptors (Lipinski definition) is 4. The Morgan fingerprint density at radius 3 is 2.36 bits per heavy atom. The first-order chi connectivity index (χ1) is 13.4. The van der Waals surface area contributed by atoms with E-state index in [2.05, 4.69) is 10.3 Å². The number of hydrogen-bond donors (Lipinski definition) is 1. The van der Waals surface area contributed by atoms with Gasteiger partial charge in [-0.3, -0.25) is 9.78 Å². The molecule has 28 heavy (non-hydrogen) atoms. The van der Waals surface area contributed by atoms with Gasteiger partial charge in [-0.25, -0.2) is 8.78 Å². The molecule has 0 fully saturated rings. The van der Waals surface area contributed by atoms with E-state index in [0.29, 0.717) is 5.56 Å². The molecule has 144 valence electrons. The molecule has 0 spiro atoms. The number of carbonyl (C=O) groups excluding carboxylic acids is 1. The first kappa shape index (κ1) is 19.8. The van der Waals surface area contributed by atoms with Crippen LogP contribution in [0.3, 0.4) is 0 Å². The van der Waals surface area contributed by atoms with Crippen LogP contribution in [0, 0.1) is 11.6 Å². The monoisotopic (exact) mass is 399 g/mol. The third-order valence-corrected chi connectivity index (χ3v) is 5.05. The summed E-state index contributed by atoms with van der Waals surface area (Å²) in [5.74, 6) is -1.12. The van der Waals surface area contributed by atoms with E-state index in [1.807, 2.05) is 30.5 Å². The third kappa shape index (κ3) is 4.86. The minimum Gasteiger partial charge on any atom is -0.373 e. The van der Waals surface area contributed by atoms with E-state index in [0.717, 1.165) is 28.3 Å². The second kappa shape index (κ2) is 8.84. The quantitative estimate of drug-likeness (QED) is 0.595. The summed E-state index contributed by atoms with van der Waals surface area (Å²) in [6.07, 6.45) is 3.54. The van der Waals surface area contributed by atoms with Crippen LogP contribution in [0.5, 0.6) is 0 Å². The Hall–Kier alpha value is -2.93. The van der Waals surface area contributed by atoms with Crippen molar-refractivity contribution in [3.05, 3.63) is 83.7 Å². The summed E-state index contributed by atoms with van der Waals surface area (Å²) < 4.78 is 28.1. The van der Waals surface area contributed by atoms with Crippen LogP contribution in [0.2, 0.25) is 0 Å². The maximum atomic E-state index is 14.1. The van der Waals surface area contributed by atoms with Gasteiger partial charge in [-0.05, 0) is 48.0 Å². The Kier molecular flexibility index (Phi) is 6.26. The van der Waals surface area contributed by atoms with Crippen molar-refractivity contribution in [3.8, 4) is 0 Å². The molecule has 0 aliphatic heterocycles. The number of aromatic nitrogens is 1. The predicted octanol–water partition coefficient (Wildman–Crippen LogP) is 4.97. The van der Waals surface area contributed by atoms with Crippen molar-refractivity contribution in [2.45, 2.75) is 10.6 Å². The number of benzene rings is 2. The van der Waals surface area contributed by atoms with Crippen LogP contribution in [0.1, 0.15) is 15.9 Å². The largest absolute Gasteiger partial charge is 0.373 e. The van der Waals surface area contributed by atoms with E-state index in [4.69, 9.17) is 0 Å². The smallest absolute Gasteiger partial charge is 0.255 e. The van der Waals surface area contributed by atoms with Crippen LogP contribution < -0.4 is 10.2 Å². The van der Waals surface area contributed by atoms with Crippen LogP contribution in [-0.2, 0) is 5.75 Å². The first-order valence-electron chi connectivity index (χ1n) is 8.53. The van der Waals surface area contributed by atoms with Crippen molar-refractivity contribution in [1.29, 1.82) is 0 Å². The van der Waals surface area contributed by atoms with E-state index in [9.17, 15) is 13.6 Å². The van der Waals surface area contributed by atoms with Gasteiger partial charge in [0.15, 0.2) is 11.6 Å². The zero-order valence-electron chi connectivity index (χ0n) is 15.4. The van der Waals surface area contributed by atoms with E-state index in [-0.39, 0.29) is 11.4 Å². The number of pyridine rings is 1. The molecule has 1 heterocycles. The highest BCUT2D eigenvalue weighted by Crippen LogP contribution is 2.26. The first-order valence-corrected chi connectivity index (χ1v) is 9.52. The van der Waals surface area contributed by atoms with Crippen LogP contribution in [0.4, 0.5) is 20.2 Å². The molecule has 1 amide bonds. The van der Waals surface area contributed by atoms with E-state index in [1.54, 1.807) is 44.2 Å². The van der Waals surface area contributed by atoms with Crippen LogP contribution >= 0.6 is 11.8 Å². The molecule has 0 radical (unpaired) electrons. The molecule has 3 aromatic rings. The van der Waals surface area contributed by atoms with Gasteiger partial charge >= 0.3 is 0 Å². The van der Waals surface area contributed by atoms with Crippen molar-refractivity contribution in [2.75, 3.05) is 24.3 Å². The van der Waals surface area contributed by atoms with Crippen molar-refractivity contribution >= 4 is 29.0 Å². The molecular formula is C21H19F2N3OS. The lowest BCUT2D eigenvalue weighted by Gasteiger charge is -2.16. The minimum absolute atomic E-state index is 0.0700. The van der Waals surface area contributed by atoms with Crippen molar-refractivity contribution in [1.82, 2.24) is 4.98 Å². The zero-order valence-corrected chi connectivity index (χ0v) is 16.3. The third-order valence-electron chi connectivity index (χ3n) is 3.97. The van der Waals surface area contributed by atoms with Crippen LogP contribution in [0.15, 0.2) is 65.8 Å². The average Bonchev–Trinajstić information content (AvgIpc) is 2.66. The van der Waals surface area contributed by atoms with Gasteiger partial charge in [0.2, 0.25) is 0 Å². The summed E-state index contributed by atoms with van der Waals surface area (Å²) in [5.41, 5.74) is 1.44. The molecular weight excluding hydrogens is 380 g/mol. The Bertz CT molecular complexity index is 940. The van der Waals surface area contributed by atoms with E-state index >= 15 is 0 Å². The Morgan fingerprint density at radius 1 is 1.11 bits per heavy atom. The van der Waals surface area contributed by atoms with Crippen LogP contribution in [-0.4, -0.2) is 25.0 Å². The molecule has 0 saturated carbocycles. The second-order valence-electron chi connectivity index (χ2n) is 6.31. The summed E-state index contributed by atoms with van der Waals surface area (Å²) in [4.78, 5) is 18.8. The lowest BCUT2D eigenvalue weighted by atomic mass is 10.2. The van der Waals surface area contributed by atoms with Gasteiger partial charge in [-0.2, -0.15) is 0 Å². The summed E-state index contributed by atoms with van der Waals surface area (Å²) in [5, 5.41) is 2.53. The molecule has 0 aliphatic rings. The number of amides is 1. The van der Waals surface area contributed by atoms with Crippen molar-refractivity contribution < 1.29 is 13.6 Å². The summed E-state index contributed by atoms with van der Waals surface area (Å²) in [6.45, 7) is 0. The highest BCUT2D eigenvalue weighted by molar-refractivity contribution is 7.98. The fraction of sp³-hybridized carbons (Fsp3) is 0.143. The van der Waals surface area contributed by atoms with Gasteiger partial charge in [-0.1, -0.05) is 6.07 Å². The Labute approximate surface area is 166 Å². The van der Waals surface area contributed by atoms with Gasteiger partial charge in [0.1, 0.15) is 5.69 Å². The SMILES string of the molecule is CN(C)c1c(F)cc(NC(=O)c2ccc(SCc3cccnc3)cc2)cc1F. The van der Waals surface area contributed by atoms with Crippen LogP contribution in [0.25, 0.3) is 0 Å². The minimum atomic E-state index is -0.734. The lowest BCUT2D eigenvalue weighted by molar-refractivity contribution is 0.102. The summed E-state index contributed by atoms with van der Waals surface area (Å²) >= 11 is 1.63. The zero-order chi connectivity index (χ0) is 20.1. The number of thioether (sulfide) groups is 1. The number of halogens is 2. The summed E-state index contributed by atoms with van der Waals surface area (Å²) in [6, 6.07) is 13.1. The fourth-order valence-electron chi connectivity index (χ4n) is 2.62. The normalized spacial score (nSPS) is 10.6. The summed E-state index contributed by atoms with van der Waals surface area (Å²) in [7, 11) is 3.10. The Balaban J connectivity index is 1.65. The highest BCUT2D eigenvalue weighted by atomic mass is 32.2. The molecule has 3 rings (SSSR count). The van der Waals surface area contributed by atoms with Gasteiger partial charge < -0.3 is 10.2 Å². The fourth-order valence-corrected chi connectivity index (χ4v) is 3.45. The number of carbonyl (C=O) groups is 1. The molecule has 0 unspecified atom stereocenters. The number of nitrogens with one attached hydrogen (secondary N) is 1. The average molecular weight is 399 g/mol. The number of anilines is 2. The van der Waals surface area contributed by atoms with Gasteiger partial charge in [-0.15, -0.1) is 11.8 Å². The topological polar surface area (TPSA) is 45.2 Å². The second-order valence-corrected chi connectivity index (χ2v) is 7.36. The van der Waals surface area contributed by atoms with Crippen molar-refractivity contribution in [3.63, 3.8) is 0 Å². The molecule has 7 heteroatoms.